The molecule has 0 aliphatic carbocycles. The lowest BCUT2D eigenvalue weighted by atomic mass is 10.2. The highest BCUT2D eigenvalue weighted by molar-refractivity contribution is 7.80. The Bertz CT molecular complexity index is 882. The number of hydrogen-bond acceptors (Lipinski definition) is 7. The van der Waals surface area contributed by atoms with Crippen LogP contribution in [0.25, 0.3) is 5.69 Å². The number of rotatable bonds is 5. The molecule has 1 aliphatic rings. The molecule has 1 aromatic heterocycles. The van der Waals surface area contributed by atoms with Gasteiger partial charge in [0.15, 0.2) is 0 Å². The number of carbonyl (C=O) groups excluding carboxylic acids is 1. The van der Waals surface area contributed by atoms with Crippen LogP contribution in [0, 0.1) is 5.82 Å². The number of aliphatic hydroxyl groups is 1. The summed E-state index contributed by atoms with van der Waals surface area (Å²) in [6.07, 6.45) is 0.658. The molecule has 2 N–H and O–H groups in total. The van der Waals surface area contributed by atoms with Crippen molar-refractivity contribution in [2.24, 2.45) is 0 Å². The summed E-state index contributed by atoms with van der Waals surface area (Å²) >= 11 is 4.91. The molecule has 1 fully saturated rings. The summed E-state index contributed by atoms with van der Waals surface area (Å²) in [5.74, 6) is -0.684. The molecule has 1 amide bonds. The van der Waals surface area contributed by atoms with Gasteiger partial charge in [-0.1, -0.05) is 5.21 Å². The lowest BCUT2D eigenvalue weighted by Gasteiger charge is -2.36. The minimum Gasteiger partial charge on any atom is -0.474 e. The van der Waals surface area contributed by atoms with E-state index in [1.165, 1.54) is 24.8 Å². The molecule has 156 valence electrons. The van der Waals surface area contributed by atoms with E-state index < -0.39 is 6.10 Å². The number of nitrogens with zero attached hydrogens (tertiary/aromatic N) is 5. The first kappa shape index (κ1) is 20.9. The quantitative estimate of drug-likeness (QED) is 0.671. The van der Waals surface area contributed by atoms with Gasteiger partial charge in [0, 0.05) is 32.2 Å². The molecule has 1 aliphatic heterocycles. The van der Waals surface area contributed by atoms with E-state index in [4.69, 9.17) is 17.0 Å². The summed E-state index contributed by atoms with van der Waals surface area (Å²) in [6.45, 7) is 3.66. The van der Waals surface area contributed by atoms with Gasteiger partial charge in [-0.05, 0) is 31.3 Å². The summed E-state index contributed by atoms with van der Waals surface area (Å²) in [7, 11) is 1.47. The molecule has 0 radical (unpaired) electrons. The molecular weight excluding hydrogens is 399 g/mol. The van der Waals surface area contributed by atoms with E-state index in [-0.39, 0.29) is 16.9 Å². The molecule has 1 unspecified atom stereocenters. The second-order valence-corrected chi connectivity index (χ2v) is 6.99. The highest BCUT2D eigenvalue weighted by Crippen LogP contribution is 2.23. The van der Waals surface area contributed by atoms with Gasteiger partial charge in [0.2, 0.25) is 0 Å². The Morgan fingerprint density at radius 2 is 2.10 bits per heavy atom. The van der Waals surface area contributed by atoms with Crippen molar-refractivity contribution in [1.82, 2.24) is 25.2 Å². The van der Waals surface area contributed by atoms with Crippen molar-refractivity contribution in [1.29, 1.82) is 0 Å². The molecule has 11 heteroatoms. The number of aliphatic hydroxyl groups excluding tert-OH is 1. The molecule has 1 aromatic carbocycles. The fraction of sp³-hybridized carbons (Fsp3) is 0.444. The van der Waals surface area contributed by atoms with Crippen molar-refractivity contribution in [2.45, 2.75) is 19.6 Å². The monoisotopic (exact) mass is 422 g/mol. The Morgan fingerprint density at radius 1 is 1.38 bits per heavy atom. The number of aromatic nitrogens is 3. The van der Waals surface area contributed by atoms with E-state index in [0.717, 1.165) is 0 Å². The molecule has 1 saturated heterocycles. The van der Waals surface area contributed by atoms with Crippen LogP contribution in [0.5, 0.6) is 0 Å². The number of ether oxygens (including phenoxy) is 1. The Kier molecular flexibility index (Phi) is 6.60. The van der Waals surface area contributed by atoms with Gasteiger partial charge in [-0.3, -0.25) is 4.79 Å². The van der Waals surface area contributed by atoms with Gasteiger partial charge in [-0.2, -0.15) is 0 Å². The lowest BCUT2D eigenvalue weighted by molar-refractivity contribution is -0.139. The molecule has 2 heterocycles. The third kappa shape index (κ3) is 4.98. The summed E-state index contributed by atoms with van der Waals surface area (Å²) in [6, 6.07) is 4.85. The molecule has 0 bridgehead atoms. The van der Waals surface area contributed by atoms with Crippen LogP contribution in [-0.4, -0.2) is 75.5 Å². The largest absolute Gasteiger partial charge is 0.474 e. The first-order valence-electron chi connectivity index (χ1n) is 9.14. The molecule has 0 spiro atoms. The van der Waals surface area contributed by atoms with Crippen molar-refractivity contribution >= 4 is 29.0 Å². The zero-order chi connectivity index (χ0) is 21.0. The number of methoxy groups -OCH3 is 1. The van der Waals surface area contributed by atoms with E-state index in [1.54, 1.807) is 23.2 Å². The molecule has 1 atom stereocenters. The third-order valence-electron chi connectivity index (χ3n) is 4.63. The Balaban J connectivity index is 1.65. The van der Waals surface area contributed by atoms with Crippen LogP contribution in [0.1, 0.15) is 12.6 Å². The number of hydrogen-bond donors (Lipinski definition) is 2. The number of amides is 1. The summed E-state index contributed by atoms with van der Waals surface area (Å²) < 4.78 is 21.1. The number of anilines is 1. The van der Waals surface area contributed by atoms with Gasteiger partial charge in [0.25, 0.3) is 11.1 Å². The summed E-state index contributed by atoms with van der Waals surface area (Å²) in [5.41, 5.74) is 1.64. The first-order valence-corrected chi connectivity index (χ1v) is 9.54. The zero-order valence-corrected chi connectivity index (χ0v) is 17.0. The normalized spacial score (nSPS) is 15.2. The van der Waals surface area contributed by atoms with Gasteiger partial charge < -0.3 is 25.0 Å². The van der Waals surface area contributed by atoms with E-state index in [9.17, 15) is 14.3 Å². The predicted octanol–water partition coefficient (Wildman–Crippen LogP) is 0.457. The van der Waals surface area contributed by atoms with Crippen molar-refractivity contribution in [3.63, 3.8) is 0 Å². The van der Waals surface area contributed by atoms with Crippen LogP contribution in [0.3, 0.4) is 0 Å². The Morgan fingerprint density at radius 3 is 2.72 bits per heavy atom. The highest BCUT2D eigenvalue weighted by Gasteiger charge is 2.25. The van der Waals surface area contributed by atoms with Crippen LogP contribution < -0.4 is 10.2 Å². The van der Waals surface area contributed by atoms with Gasteiger partial charge in [-0.15, -0.1) is 5.10 Å². The first-order chi connectivity index (χ1) is 13.9. The maximum atomic E-state index is 14.7. The SMILES string of the molecule is COC(=S)NCc1cn(-c2ccc(N3CCN(C(=O)C(C)O)CC3)c(F)c2)nn1. The number of thiocarbonyl (C=S) groups is 1. The topological polar surface area (TPSA) is 95.8 Å². The third-order valence-corrected chi connectivity index (χ3v) is 4.94. The lowest BCUT2D eigenvalue weighted by Crippen LogP contribution is -2.51. The highest BCUT2D eigenvalue weighted by atomic mass is 32.1. The van der Waals surface area contributed by atoms with Crippen molar-refractivity contribution < 1.29 is 19.0 Å². The fourth-order valence-electron chi connectivity index (χ4n) is 3.07. The maximum absolute atomic E-state index is 14.7. The standard InChI is InChI=1S/C18H23FN6O3S/c1-12(26)17(27)24-7-5-23(6-8-24)16-4-3-14(9-15(16)19)25-11-13(21-22-25)10-20-18(29)28-2/h3-4,9,11-12,26H,5-8,10H2,1-2H3,(H,20,29). The maximum Gasteiger partial charge on any atom is 0.256 e. The molecule has 0 saturated carbocycles. The van der Waals surface area contributed by atoms with E-state index in [1.807, 2.05) is 4.90 Å². The molecular formula is C18H23FN6O3S. The number of benzene rings is 1. The number of piperazine rings is 1. The van der Waals surface area contributed by atoms with Gasteiger partial charge in [-0.25, -0.2) is 9.07 Å². The summed E-state index contributed by atoms with van der Waals surface area (Å²) in [4.78, 5) is 15.3. The van der Waals surface area contributed by atoms with Crippen LogP contribution in [0.15, 0.2) is 24.4 Å². The smallest absolute Gasteiger partial charge is 0.256 e. The summed E-state index contributed by atoms with van der Waals surface area (Å²) in [5, 5.41) is 20.6. The number of nitrogens with one attached hydrogen (secondary N) is 1. The van der Waals surface area contributed by atoms with E-state index in [0.29, 0.717) is 49.8 Å². The fourth-order valence-corrected chi connectivity index (χ4v) is 3.14. The molecule has 9 nitrogen and oxygen atoms in total. The molecule has 3 rings (SSSR count). The molecule has 2 aromatic rings. The van der Waals surface area contributed by atoms with Crippen LogP contribution >= 0.6 is 12.2 Å². The number of halogens is 1. The second-order valence-electron chi connectivity index (χ2n) is 6.62. The van der Waals surface area contributed by atoms with Crippen LogP contribution in [0.2, 0.25) is 0 Å². The predicted molar refractivity (Wildman–Crippen MR) is 108 cm³/mol. The zero-order valence-electron chi connectivity index (χ0n) is 16.2. The average molecular weight is 422 g/mol. The Hall–Kier alpha value is -2.79. The van der Waals surface area contributed by atoms with Gasteiger partial charge in [0.1, 0.15) is 17.6 Å². The Labute approximate surface area is 173 Å². The van der Waals surface area contributed by atoms with Gasteiger partial charge in [0.05, 0.1) is 31.2 Å². The van der Waals surface area contributed by atoms with Crippen molar-refractivity contribution in [3.05, 3.63) is 35.9 Å². The second kappa shape index (κ2) is 9.14. The number of carbonyl (C=O) groups is 1. The van der Waals surface area contributed by atoms with Crippen LogP contribution in [0.4, 0.5) is 10.1 Å². The van der Waals surface area contributed by atoms with Crippen LogP contribution in [-0.2, 0) is 16.1 Å². The van der Waals surface area contributed by atoms with Crippen molar-refractivity contribution in [2.75, 3.05) is 38.2 Å². The average Bonchev–Trinajstić information content (AvgIpc) is 3.20. The van der Waals surface area contributed by atoms with E-state index in [2.05, 4.69) is 15.6 Å². The van der Waals surface area contributed by atoms with E-state index >= 15 is 0 Å². The minimum atomic E-state index is -1.02. The minimum absolute atomic E-state index is 0.255. The molecule has 29 heavy (non-hydrogen) atoms. The van der Waals surface area contributed by atoms with Crippen molar-refractivity contribution in [3.8, 4) is 5.69 Å². The van der Waals surface area contributed by atoms with Gasteiger partial charge >= 0.3 is 0 Å².